The van der Waals surface area contributed by atoms with Crippen molar-refractivity contribution in [3.8, 4) is 11.4 Å². The quantitative estimate of drug-likeness (QED) is 0.703. The first-order chi connectivity index (χ1) is 6.66. The molecule has 0 bridgehead atoms. The highest BCUT2D eigenvalue weighted by Gasteiger charge is 2.09. The van der Waals surface area contributed by atoms with E-state index in [1.807, 2.05) is 6.92 Å². The van der Waals surface area contributed by atoms with Gasteiger partial charge in [-0.15, -0.1) is 0 Å². The maximum Gasteiger partial charge on any atom is 0.166 e. The number of furan rings is 1. The van der Waals surface area contributed by atoms with Crippen molar-refractivity contribution in [2.75, 3.05) is 0 Å². The van der Waals surface area contributed by atoms with E-state index in [-0.39, 0.29) is 0 Å². The van der Waals surface area contributed by atoms with Gasteiger partial charge in [0.05, 0.1) is 11.8 Å². The Kier molecular flexibility index (Phi) is 2.44. The number of aryl methyl sites for hydroxylation is 1. The standard InChI is InChI=1S/C9H6Cl2N2O/c1-5-6(2-3-14-5)9-12-7(10)4-8(11)13-9/h2-4H,1H3. The molecule has 72 valence electrons. The van der Waals surface area contributed by atoms with E-state index < -0.39 is 0 Å². The Balaban J connectivity index is 2.57. The van der Waals surface area contributed by atoms with E-state index in [2.05, 4.69) is 9.97 Å². The van der Waals surface area contributed by atoms with Gasteiger partial charge in [-0.1, -0.05) is 23.2 Å². The minimum atomic E-state index is 0.320. The minimum Gasteiger partial charge on any atom is -0.469 e. The van der Waals surface area contributed by atoms with E-state index in [0.717, 1.165) is 11.3 Å². The molecular weight excluding hydrogens is 223 g/mol. The Morgan fingerprint density at radius 3 is 2.36 bits per heavy atom. The van der Waals surface area contributed by atoms with Gasteiger partial charge in [-0.3, -0.25) is 0 Å². The van der Waals surface area contributed by atoms with Gasteiger partial charge in [0.2, 0.25) is 0 Å². The number of hydrogen-bond acceptors (Lipinski definition) is 3. The highest BCUT2D eigenvalue weighted by molar-refractivity contribution is 6.33. The third-order valence-electron chi connectivity index (χ3n) is 1.76. The number of hydrogen-bond donors (Lipinski definition) is 0. The third-order valence-corrected chi connectivity index (χ3v) is 2.15. The summed E-state index contributed by atoms with van der Waals surface area (Å²) in [6, 6.07) is 3.26. The zero-order valence-electron chi connectivity index (χ0n) is 7.29. The molecule has 0 aromatic carbocycles. The molecule has 0 radical (unpaired) electrons. The second kappa shape index (κ2) is 3.59. The normalized spacial score (nSPS) is 10.5. The van der Waals surface area contributed by atoms with Crippen molar-refractivity contribution in [1.29, 1.82) is 0 Å². The van der Waals surface area contributed by atoms with Gasteiger partial charge in [0.15, 0.2) is 5.82 Å². The van der Waals surface area contributed by atoms with Gasteiger partial charge in [0.25, 0.3) is 0 Å². The van der Waals surface area contributed by atoms with Gasteiger partial charge < -0.3 is 4.42 Å². The van der Waals surface area contributed by atoms with Crippen molar-refractivity contribution in [2.24, 2.45) is 0 Å². The Labute approximate surface area is 90.7 Å². The molecule has 2 aromatic heterocycles. The highest BCUT2D eigenvalue weighted by Crippen LogP contribution is 2.23. The van der Waals surface area contributed by atoms with E-state index in [0.29, 0.717) is 16.1 Å². The monoisotopic (exact) mass is 228 g/mol. The first-order valence-corrected chi connectivity index (χ1v) is 4.67. The van der Waals surface area contributed by atoms with Gasteiger partial charge >= 0.3 is 0 Å². The van der Waals surface area contributed by atoms with Crippen LogP contribution in [0.1, 0.15) is 5.76 Å². The molecule has 2 heterocycles. The van der Waals surface area contributed by atoms with Crippen LogP contribution >= 0.6 is 23.2 Å². The van der Waals surface area contributed by atoms with Crippen molar-refractivity contribution >= 4 is 23.2 Å². The van der Waals surface area contributed by atoms with Crippen molar-refractivity contribution in [1.82, 2.24) is 9.97 Å². The molecule has 0 aliphatic heterocycles. The smallest absolute Gasteiger partial charge is 0.166 e. The van der Waals surface area contributed by atoms with Crippen LogP contribution in [0.2, 0.25) is 10.3 Å². The third kappa shape index (κ3) is 1.74. The topological polar surface area (TPSA) is 38.9 Å². The molecule has 5 heteroatoms. The van der Waals surface area contributed by atoms with E-state index in [1.165, 1.54) is 6.07 Å². The molecule has 0 aliphatic rings. The van der Waals surface area contributed by atoms with Crippen molar-refractivity contribution < 1.29 is 4.42 Å². The first kappa shape index (κ1) is 9.49. The van der Waals surface area contributed by atoms with Gasteiger partial charge in [-0.2, -0.15) is 0 Å². The van der Waals surface area contributed by atoms with Gasteiger partial charge in [0, 0.05) is 6.07 Å². The van der Waals surface area contributed by atoms with Gasteiger partial charge in [-0.05, 0) is 13.0 Å². The molecule has 0 atom stereocenters. The summed E-state index contributed by atoms with van der Waals surface area (Å²) in [7, 11) is 0. The molecule has 0 amide bonds. The molecule has 2 rings (SSSR count). The lowest BCUT2D eigenvalue weighted by atomic mass is 10.2. The molecule has 2 aromatic rings. The summed E-state index contributed by atoms with van der Waals surface area (Å²) in [6.07, 6.45) is 1.57. The molecule has 0 aliphatic carbocycles. The highest BCUT2D eigenvalue weighted by atomic mass is 35.5. The molecule has 0 saturated heterocycles. The van der Waals surface area contributed by atoms with Crippen LogP contribution in [0.3, 0.4) is 0 Å². The van der Waals surface area contributed by atoms with E-state index >= 15 is 0 Å². The average molecular weight is 229 g/mol. The number of halogens is 2. The second-order valence-corrected chi connectivity index (χ2v) is 3.50. The molecule has 0 saturated carbocycles. The number of aromatic nitrogens is 2. The molecule has 0 unspecified atom stereocenters. The van der Waals surface area contributed by atoms with Crippen LogP contribution < -0.4 is 0 Å². The second-order valence-electron chi connectivity index (χ2n) is 2.73. The van der Waals surface area contributed by atoms with Crippen LogP contribution in [0.15, 0.2) is 22.8 Å². The summed E-state index contributed by atoms with van der Waals surface area (Å²) < 4.78 is 5.13. The van der Waals surface area contributed by atoms with E-state index in [4.69, 9.17) is 27.6 Å². The molecule has 0 N–H and O–H groups in total. The lowest BCUT2D eigenvalue weighted by Gasteiger charge is -1.98. The fraction of sp³-hybridized carbons (Fsp3) is 0.111. The van der Waals surface area contributed by atoms with Crippen LogP contribution in [0.5, 0.6) is 0 Å². The zero-order valence-corrected chi connectivity index (χ0v) is 8.80. The van der Waals surface area contributed by atoms with Gasteiger partial charge in [0.1, 0.15) is 16.1 Å². The maximum atomic E-state index is 5.75. The number of rotatable bonds is 1. The summed E-state index contributed by atoms with van der Waals surface area (Å²) in [4.78, 5) is 8.09. The fourth-order valence-electron chi connectivity index (χ4n) is 1.13. The first-order valence-electron chi connectivity index (χ1n) is 3.91. The molecule has 3 nitrogen and oxygen atoms in total. The van der Waals surface area contributed by atoms with Crippen LogP contribution in [-0.4, -0.2) is 9.97 Å². The molecule has 0 spiro atoms. The molecule has 0 fully saturated rings. The van der Waals surface area contributed by atoms with E-state index in [1.54, 1.807) is 12.3 Å². The largest absolute Gasteiger partial charge is 0.469 e. The lowest BCUT2D eigenvalue weighted by Crippen LogP contribution is -1.89. The zero-order chi connectivity index (χ0) is 10.1. The summed E-state index contributed by atoms with van der Waals surface area (Å²) in [5.74, 6) is 1.22. The maximum absolute atomic E-state index is 5.75. The Bertz CT molecular complexity index is 447. The van der Waals surface area contributed by atoms with Crippen LogP contribution in [0, 0.1) is 6.92 Å². The predicted octanol–water partition coefficient (Wildman–Crippen LogP) is 3.35. The predicted molar refractivity (Wildman–Crippen MR) is 54.5 cm³/mol. The van der Waals surface area contributed by atoms with Crippen LogP contribution in [-0.2, 0) is 0 Å². The van der Waals surface area contributed by atoms with Gasteiger partial charge in [-0.25, -0.2) is 9.97 Å². The average Bonchev–Trinajstić information content (AvgIpc) is 2.49. The Morgan fingerprint density at radius 2 is 1.86 bits per heavy atom. The Hall–Kier alpha value is -1.06. The minimum absolute atomic E-state index is 0.320. The summed E-state index contributed by atoms with van der Waals surface area (Å²) in [6.45, 7) is 1.83. The van der Waals surface area contributed by atoms with Crippen molar-refractivity contribution in [3.63, 3.8) is 0 Å². The summed E-state index contributed by atoms with van der Waals surface area (Å²) >= 11 is 11.5. The van der Waals surface area contributed by atoms with Crippen molar-refractivity contribution in [2.45, 2.75) is 6.92 Å². The van der Waals surface area contributed by atoms with Crippen molar-refractivity contribution in [3.05, 3.63) is 34.5 Å². The fourth-order valence-corrected chi connectivity index (χ4v) is 1.55. The molecule has 14 heavy (non-hydrogen) atoms. The Morgan fingerprint density at radius 1 is 1.21 bits per heavy atom. The number of nitrogens with zero attached hydrogens (tertiary/aromatic N) is 2. The van der Waals surface area contributed by atoms with E-state index in [9.17, 15) is 0 Å². The molecular formula is C9H6Cl2N2O. The van der Waals surface area contributed by atoms with Crippen LogP contribution in [0.4, 0.5) is 0 Å². The van der Waals surface area contributed by atoms with Crippen LogP contribution in [0.25, 0.3) is 11.4 Å². The lowest BCUT2D eigenvalue weighted by molar-refractivity contribution is 0.535. The summed E-state index contributed by atoms with van der Waals surface area (Å²) in [5.41, 5.74) is 0.800. The SMILES string of the molecule is Cc1occc1-c1nc(Cl)cc(Cl)n1. The summed E-state index contributed by atoms with van der Waals surface area (Å²) in [5, 5.41) is 0.640.